The molecule has 1 aromatic carbocycles. The zero-order chi connectivity index (χ0) is 13.0. The predicted molar refractivity (Wildman–Crippen MR) is 77.9 cm³/mol. The number of benzene rings is 1. The van der Waals surface area contributed by atoms with E-state index < -0.39 is 10.1 Å². The molecule has 0 bridgehead atoms. The summed E-state index contributed by atoms with van der Waals surface area (Å²) in [7, 11) is -4.23. The van der Waals surface area contributed by atoms with E-state index in [9.17, 15) is 13.0 Å². The highest BCUT2D eigenvalue weighted by molar-refractivity contribution is 14.1. The van der Waals surface area contributed by atoms with Gasteiger partial charge in [0.15, 0.2) is 0 Å². The first-order valence-electron chi connectivity index (χ1n) is 4.78. The summed E-state index contributed by atoms with van der Waals surface area (Å²) in [6, 6.07) is 1.68. The van der Waals surface area contributed by atoms with Gasteiger partial charge in [0.25, 0.3) is 10.1 Å². The largest absolute Gasteiger partial charge is 0.296 e. The zero-order valence-corrected chi connectivity index (χ0v) is 13.6. The lowest BCUT2D eigenvalue weighted by atomic mass is 9.99. The standard InChI is InChI=1S/C10H9BrINO3S/c1-4-5(2)13-7-3-6(12)10(17(14,15)16)9(11)8(4)7/h3-4H,1-2H3,(H,14,15,16). The van der Waals surface area contributed by atoms with Crippen LogP contribution in [0.25, 0.3) is 0 Å². The molecular weight excluding hydrogens is 421 g/mol. The molecule has 1 aliphatic rings. The fourth-order valence-corrected chi connectivity index (χ4v) is 5.63. The van der Waals surface area contributed by atoms with E-state index >= 15 is 0 Å². The average molecular weight is 430 g/mol. The highest BCUT2D eigenvalue weighted by atomic mass is 127. The second-order valence-corrected chi connectivity index (χ2v) is 7.20. The Morgan fingerprint density at radius 3 is 2.65 bits per heavy atom. The van der Waals surface area contributed by atoms with Crippen LogP contribution in [0.15, 0.2) is 20.4 Å². The molecule has 0 amide bonds. The van der Waals surface area contributed by atoms with Gasteiger partial charge in [0, 0.05) is 25.2 Å². The summed E-state index contributed by atoms with van der Waals surface area (Å²) in [5.41, 5.74) is 2.51. The maximum absolute atomic E-state index is 11.3. The summed E-state index contributed by atoms with van der Waals surface area (Å²) < 4.78 is 32.8. The quantitative estimate of drug-likeness (QED) is 0.548. The summed E-state index contributed by atoms with van der Waals surface area (Å²) in [4.78, 5) is 4.31. The Kier molecular flexibility index (Phi) is 3.39. The van der Waals surface area contributed by atoms with Gasteiger partial charge in [0.2, 0.25) is 0 Å². The van der Waals surface area contributed by atoms with Crippen LogP contribution in [0, 0.1) is 3.57 Å². The van der Waals surface area contributed by atoms with Crippen molar-refractivity contribution in [3.05, 3.63) is 19.7 Å². The molecule has 0 saturated carbocycles. The number of hydrogen-bond acceptors (Lipinski definition) is 3. The minimum absolute atomic E-state index is 0.0527. The van der Waals surface area contributed by atoms with E-state index in [0.717, 1.165) is 17.0 Å². The molecule has 1 aliphatic heterocycles. The number of hydrogen-bond donors (Lipinski definition) is 1. The molecule has 0 aromatic heterocycles. The fourth-order valence-electron chi connectivity index (χ4n) is 1.84. The first-order valence-corrected chi connectivity index (χ1v) is 8.09. The normalized spacial score (nSPS) is 19.1. The number of nitrogens with zero attached hydrogens (tertiary/aromatic N) is 1. The van der Waals surface area contributed by atoms with Crippen LogP contribution in [-0.4, -0.2) is 18.7 Å². The van der Waals surface area contributed by atoms with Crippen LogP contribution in [-0.2, 0) is 10.1 Å². The van der Waals surface area contributed by atoms with E-state index in [2.05, 4.69) is 20.9 Å². The Morgan fingerprint density at radius 2 is 2.12 bits per heavy atom. The van der Waals surface area contributed by atoms with Gasteiger partial charge in [-0.3, -0.25) is 9.55 Å². The fraction of sp³-hybridized carbons (Fsp3) is 0.300. The molecule has 1 N–H and O–H groups in total. The molecule has 92 valence electrons. The van der Waals surface area contributed by atoms with Crippen molar-refractivity contribution in [3.8, 4) is 0 Å². The number of rotatable bonds is 1. The third-order valence-electron chi connectivity index (χ3n) is 2.81. The third-order valence-corrected chi connectivity index (χ3v) is 6.05. The van der Waals surface area contributed by atoms with Crippen molar-refractivity contribution >= 4 is 60.0 Å². The van der Waals surface area contributed by atoms with Crippen LogP contribution < -0.4 is 0 Å². The van der Waals surface area contributed by atoms with Crippen molar-refractivity contribution in [3.63, 3.8) is 0 Å². The molecule has 7 heteroatoms. The minimum atomic E-state index is -4.23. The summed E-state index contributed by atoms with van der Waals surface area (Å²) in [6.45, 7) is 3.85. The SMILES string of the molecule is CC1=Nc2cc(I)c(S(=O)(=O)O)c(Br)c2C1C. The van der Waals surface area contributed by atoms with Crippen LogP contribution in [0.3, 0.4) is 0 Å². The third kappa shape index (κ3) is 2.18. The molecule has 17 heavy (non-hydrogen) atoms. The van der Waals surface area contributed by atoms with E-state index in [1.165, 1.54) is 0 Å². The maximum atomic E-state index is 11.3. The predicted octanol–water partition coefficient (Wildman–Crippen LogP) is 3.51. The molecule has 1 atom stereocenters. The van der Waals surface area contributed by atoms with Gasteiger partial charge in [-0.2, -0.15) is 8.42 Å². The van der Waals surface area contributed by atoms with Crippen molar-refractivity contribution in [2.45, 2.75) is 24.7 Å². The van der Waals surface area contributed by atoms with Crippen LogP contribution >= 0.6 is 38.5 Å². The topological polar surface area (TPSA) is 66.7 Å². The van der Waals surface area contributed by atoms with Crippen LogP contribution in [0.4, 0.5) is 5.69 Å². The average Bonchev–Trinajstić information content (AvgIpc) is 2.39. The molecule has 0 radical (unpaired) electrons. The molecule has 0 fully saturated rings. The Bertz CT molecular complexity index is 639. The van der Waals surface area contributed by atoms with Crippen LogP contribution in [0.1, 0.15) is 25.3 Å². The van der Waals surface area contributed by atoms with Crippen molar-refractivity contribution < 1.29 is 13.0 Å². The second kappa shape index (κ2) is 4.29. The van der Waals surface area contributed by atoms with Crippen LogP contribution in [0.5, 0.6) is 0 Å². The summed E-state index contributed by atoms with van der Waals surface area (Å²) >= 11 is 5.15. The lowest BCUT2D eigenvalue weighted by Gasteiger charge is -2.12. The van der Waals surface area contributed by atoms with Gasteiger partial charge in [-0.15, -0.1) is 0 Å². The van der Waals surface area contributed by atoms with Gasteiger partial charge in [0.1, 0.15) is 4.90 Å². The molecule has 0 spiro atoms. The van der Waals surface area contributed by atoms with E-state index in [0.29, 0.717) is 8.04 Å². The van der Waals surface area contributed by atoms with Crippen molar-refractivity contribution in [1.29, 1.82) is 0 Å². The molecule has 0 saturated heterocycles. The highest BCUT2D eigenvalue weighted by Crippen LogP contribution is 2.44. The molecule has 0 aliphatic carbocycles. The van der Waals surface area contributed by atoms with E-state index in [4.69, 9.17) is 0 Å². The Morgan fingerprint density at radius 1 is 1.53 bits per heavy atom. The molecule has 2 rings (SSSR count). The molecule has 1 heterocycles. The Hall–Kier alpha value is 0.01000. The summed E-state index contributed by atoms with van der Waals surface area (Å²) in [5.74, 6) is 0.0527. The lowest BCUT2D eigenvalue weighted by molar-refractivity contribution is 0.482. The zero-order valence-electron chi connectivity index (χ0n) is 9.03. The first-order chi connectivity index (χ1) is 7.73. The van der Waals surface area contributed by atoms with Gasteiger partial charge < -0.3 is 0 Å². The Balaban J connectivity index is 2.82. The molecule has 1 unspecified atom stereocenters. The van der Waals surface area contributed by atoms with Gasteiger partial charge >= 0.3 is 0 Å². The maximum Gasteiger partial charge on any atom is 0.296 e. The van der Waals surface area contributed by atoms with Gasteiger partial charge in [-0.25, -0.2) is 0 Å². The number of aliphatic imine (C=N–C) groups is 1. The van der Waals surface area contributed by atoms with Crippen molar-refractivity contribution in [2.24, 2.45) is 4.99 Å². The van der Waals surface area contributed by atoms with Crippen molar-refractivity contribution in [2.75, 3.05) is 0 Å². The van der Waals surface area contributed by atoms with Crippen molar-refractivity contribution in [1.82, 2.24) is 0 Å². The second-order valence-electron chi connectivity index (χ2n) is 3.88. The molecular formula is C10H9BrINO3S. The summed E-state index contributed by atoms with van der Waals surface area (Å²) in [5, 5.41) is 0. The molecule has 4 nitrogen and oxygen atoms in total. The lowest BCUT2D eigenvalue weighted by Crippen LogP contribution is -2.06. The monoisotopic (exact) mass is 429 g/mol. The minimum Gasteiger partial charge on any atom is -0.282 e. The van der Waals surface area contributed by atoms with E-state index in [1.807, 2.05) is 36.4 Å². The smallest absolute Gasteiger partial charge is 0.282 e. The van der Waals surface area contributed by atoms with E-state index in [-0.39, 0.29) is 10.8 Å². The van der Waals surface area contributed by atoms with Gasteiger partial charge in [-0.05, 0) is 51.5 Å². The van der Waals surface area contributed by atoms with Gasteiger partial charge in [0.05, 0.1) is 5.69 Å². The summed E-state index contributed by atoms with van der Waals surface area (Å²) in [6.07, 6.45) is 0. The number of halogens is 2. The number of fused-ring (bicyclic) bond motifs is 1. The Labute approximate surface area is 122 Å². The highest BCUT2D eigenvalue weighted by Gasteiger charge is 2.29. The first kappa shape index (κ1) is 13.4. The van der Waals surface area contributed by atoms with Gasteiger partial charge in [-0.1, -0.05) is 6.92 Å². The van der Waals surface area contributed by atoms with E-state index in [1.54, 1.807) is 6.07 Å². The molecule has 1 aromatic rings. The van der Waals surface area contributed by atoms with Crippen LogP contribution in [0.2, 0.25) is 0 Å².